The minimum Gasteiger partial charge on any atom is -0.223 e. The predicted octanol–water partition coefficient (Wildman–Crippen LogP) is 5.51. The highest BCUT2D eigenvalue weighted by molar-refractivity contribution is 9.12. The van der Waals surface area contributed by atoms with E-state index in [0.717, 1.165) is 5.56 Å². The normalized spacial score (nSPS) is 14.9. The van der Waals surface area contributed by atoms with E-state index in [9.17, 15) is 8.42 Å². The van der Waals surface area contributed by atoms with Gasteiger partial charge in [-0.25, -0.2) is 8.42 Å². The molecule has 1 atom stereocenters. The average molecular weight is 493 g/mol. The molecule has 0 amide bonds. The van der Waals surface area contributed by atoms with Crippen LogP contribution in [0.25, 0.3) is 0 Å². The smallest absolute Gasteiger partial charge is 0.189 e. The van der Waals surface area contributed by atoms with Gasteiger partial charge in [0.05, 0.1) is 10.1 Å². The summed E-state index contributed by atoms with van der Waals surface area (Å²) in [5.41, 5.74) is 0.719. The fourth-order valence-corrected chi connectivity index (χ4v) is 6.95. The van der Waals surface area contributed by atoms with Gasteiger partial charge in [0.25, 0.3) is 0 Å². The number of halogens is 4. The van der Waals surface area contributed by atoms with Crippen molar-refractivity contribution in [2.24, 2.45) is 0 Å². The van der Waals surface area contributed by atoms with Gasteiger partial charge >= 0.3 is 0 Å². The molecule has 1 aromatic heterocycles. The summed E-state index contributed by atoms with van der Waals surface area (Å²) in [6.07, 6.45) is 0. The number of rotatable bonds is 5. The van der Waals surface area contributed by atoms with Gasteiger partial charge in [-0.2, -0.15) is 0 Å². The number of benzene rings is 1. The van der Waals surface area contributed by atoms with E-state index in [1.165, 1.54) is 11.3 Å². The zero-order chi connectivity index (χ0) is 15.7. The van der Waals surface area contributed by atoms with Gasteiger partial charge in [0.15, 0.2) is 9.84 Å². The number of hydrogen-bond acceptors (Lipinski definition) is 3. The van der Waals surface area contributed by atoms with E-state index in [2.05, 4.69) is 31.9 Å². The molecule has 1 aromatic carbocycles. The van der Waals surface area contributed by atoms with Gasteiger partial charge in [0, 0.05) is 15.4 Å². The summed E-state index contributed by atoms with van der Waals surface area (Å²) in [4.78, 5) is 0. The molecule has 1 heterocycles. The lowest BCUT2D eigenvalue weighted by molar-refractivity contribution is 0.590. The first-order valence-electron chi connectivity index (χ1n) is 5.74. The van der Waals surface area contributed by atoms with Crippen LogP contribution in [0.3, 0.4) is 0 Å². The number of hydrogen-bond donors (Lipinski definition) is 0. The van der Waals surface area contributed by atoms with E-state index in [1.54, 1.807) is 35.7 Å². The fourth-order valence-electron chi connectivity index (χ4n) is 1.82. The van der Waals surface area contributed by atoms with Crippen molar-refractivity contribution >= 4 is 76.2 Å². The Hall–Kier alpha value is 0.410. The molecule has 114 valence electrons. The van der Waals surface area contributed by atoms with Crippen LogP contribution < -0.4 is 0 Å². The minimum absolute atomic E-state index is 0.0948. The molecule has 0 bridgehead atoms. The molecular weight excluding hydrogens is 483 g/mol. The summed E-state index contributed by atoms with van der Waals surface area (Å²) >= 11 is 20.2. The first-order valence-corrected chi connectivity index (χ1v) is 10.9. The Kier molecular flexibility index (Phi) is 5.83. The van der Waals surface area contributed by atoms with Crippen molar-refractivity contribution < 1.29 is 8.42 Å². The zero-order valence-corrected chi connectivity index (χ0v) is 16.8. The van der Waals surface area contributed by atoms with Crippen LogP contribution in [0.1, 0.15) is 5.56 Å². The Labute approximate surface area is 154 Å². The second-order valence-corrected chi connectivity index (χ2v) is 10.6. The van der Waals surface area contributed by atoms with E-state index in [-0.39, 0.29) is 5.75 Å². The molecular formula is C13H10Br2Cl2O2S2. The van der Waals surface area contributed by atoms with Crippen LogP contribution in [0.15, 0.2) is 39.9 Å². The molecule has 0 saturated heterocycles. The van der Waals surface area contributed by atoms with E-state index in [1.807, 2.05) is 0 Å². The molecule has 0 aliphatic carbocycles. The van der Waals surface area contributed by atoms with Crippen molar-refractivity contribution in [1.29, 1.82) is 0 Å². The molecule has 0 spiro atoms. The van der Waals surface area contributed by atoms with Crippen molar-refractivity contribution in [2.75, 3.05) is 11.1 Å². The van der Waals surface area contributed by atoms with Crippen LogP contribution >= 0.6 is 66.4 Å². The summed E-state index contributed by atoms with van der Waals surface area (Å²) in [5, 5.41) is 3.08. The quantitative estimate of drug-likeness (QED) is 0.515. The maximum atomic E-state index is 12.5. The zero-order valence-electron chi connectivity index (χ0n) is 10.5. The van der Waals surface area contributed by atoms with Crippen LogP contribution in [0, 0.1) is 0 Å². The molecule has 0 saturated carbocycles. The Morgan fingerprint density at radius 2 is 1.81 bits per heavy atom. The number of thiophene rings is 1. The highest BCUT2D eigenvalue weighted by Crippen LogP contribution is 2.39. The maximum Gasteiger partial charge on any atom is 0.189 e. The predicted molar refractivity (Wildman–Crippen MR) is 97.2 cm³/mol. The van der Waals surface area contributed by atoms with Gasteiger partial charge in [-0.3, -0.25) is 0 Å². The lowest BCUT2D eigenvalue weighted by atomic mass is 10.0. The summed E-state index contributed by atoms with van der Waals surface area (Å²) in [7, 11) is -3.41. The summed E-state index contributed by atoms with van der Waals surface area (Å²) in [5.74, 6) is -0.0948. The van der Waals surface area contributed by atoms with Gasteiger partial charge in [-0.15, -0.1) is 11.3 Å². The van der Waals surface area contributed by atoms with Gasteiger partial charge in [-0.05, 0) is 35.2 Å². The highest BCUT2D eigenvalue weighted by Gasteiger charge is 2.35. The Bertz CT molecular complexity index is 712. The largest absolute Gasteiger partial charge is 0.223 e. The Morgan fingerprint density at radius 3 is 2.29 bits per heavy atom. The molecule has 0 aliphatic rings. The second kappa shape index (κ2) is 6.89. The van der Waals surface area contributed by atoms with Gasteiger partial charge in [-0.1, -0.05) is 61.1 Å². The summed E-state index contributed by atoms with van der Waals surface area (Å²) in [6.45, 7) is 0. The summed E-state index contributed by atoms with van der Waals surface area (Å²) < 4.78 is 24.6. The van der Waals surface area contributed by atoms with Crippen molar-refractivity contribution in [2.45, 2.75) is 8.53 Å². The van der Waals surface area contributed by atoms with Gasteiger partial charge in [0.1, 0.15) is 4.21 Å². The van der Waals surface area contributed by atoms with E-state index >= 15 is 0 Å². The van der Waals surface area contributed by atoms with Crippen molar-refractivity contribution in [3.05, 3.63) is 51.3 Å². The highest BCUT2D eigenvalue weighted by atomic mass is 79.9. The molecule has 0 radical (unpaired) electrons. The average Bonchev–Trinajstić information content (AvgIpc) is 2.91. The van der Waals surface area contributed by atoms with Crippen LogP contribution in [-0.2, 0) is 14.2 Å². The maximum absolute atomic E-state index is 12.5. The van der Waals surface area contributed by atoms with Crippen LogP contribution in [0.5, 0.6) is 0 Å². The standard InChI is InChI=1S/C13H10Br2Cl2O2S2/c14-7-13(15,9-4-10(16)6-11(17)5-9)8-21(18,19)12-2-1-3-20-12/h1-6H,7-8H2. The van der Waals surface area contributed by atoms with Gasteiger partial charge < -0.3 is 0 Å². The third-order valence-electron chi connectivity index (χ3n) is 2.81. The molecule has 1 unspecified atom stereocenters. The van der Waals surface area contributed by atoms with Crippen molar-refractivity contribution in [3.8, 4) is 0 Å². The lowest BCUT2D eigenvalue weighted by Crippen LogP contribution is -2.30. The van der Waals surface area contributed by atoms with Crippen molar-refractivity contribution in [1.82, 2.24) is 0 Å². The molecule has 2 nitrogen and oxygen atoms in total. The van der Waals surface area contributed by atoms with E-state index in [4.69, 9.17) is 23.2 Å². The molecule has 2 aromatic rings. The van der Waals surface area contributed by atoms with Gasteiger partial charge in [0.2, 0.25) is 0 Å². The van der Waals surface area contributed by atoms with E-state index in [0.29, 0.717) is 19.6 Å². The molecule has 0 fully saturated rings. The van der Waals surface area contributed by atoms with Crippen molar-refractivity contribution in [3.63, 3.8) is 0 Å². The molecule has 21 heavy (non-hydrogen) atoms. The SMILES string of the molecule is O=S(=O)(CC(Br)(CBr)c1cc(Cl)cc(Cl)c1)c1cccs1. The molecule has 0 aliphatic heterocycles. The Morgan fingerprint density at radius 1 is 1.19 bits per heavy atom. The molecule has 0 N–H and O–H groups in total. The monoisotopic (exact) mass is 490 g/mol. The fraction of sp³-hybridized carbons (Fsp3) is 0.231. The van der Waals surface area contributed by atoms with E-state index < -0.39 is 14.2 Å². The number of sulfone groups is 1. The third-order valence-corrected chi connectivity index (χ3v) is 9.68. The van der Waals surface area contributed by atoms with Crippen LogP contribution in [-0.4, -0.2) is 19.5 Å². The topological polar surface area (TPSA) is 34.1 Å². The molecule has 8 heteroatoms. The minimum atomic E-state index is -3.41. The second-order valence-electron chi connectivity index (χ2n) is 4.45. The molecule has 2 rings (SSSR count). The van der Waals surface area contributed by atoms with Crippen LogP contribution in [0.4, 0.5) is 0 Å². The lowest BCUT2D eigenvalue weighted by Gasteiger charge is -2.25. The Balaban J connectivity index is 2.42. The number of alkyl halides is 2. The first kappa shape index (κ1) is 17.8. The van der Waals surface area contributed by atoms with Crippen LogP contribution in [0.2, 0.25) is 10.0 Å². The summed E-state index contributed by atoms with van der Waals surface area (Å²) in [6, 6.07) is 8.37. The third kappa shape index (κ3) is 4.24. The first-order chi connectivity index (χ1) is 9.77.